The van der Waals surface area contributed by atoms with E-state index >= 15 is 0 Å². The van der Waals surface area contributed by atoms with Gasteiger partial charge in [-0.3, -0.25) is 19.4 Å². The van der Waals surface area contributed by atoms with Gasteiger partial charge in [0.05, 0.1) is 6.54 Å². The predicted molar refractivity (Wildman–Crippen MR) is 66.0 cm³/mol. The quantitative estimate of drug-likeness (QED) is 0.706. The maximum Gasteiger partial charge on any atom is 0.320 e. The molecule has 2 saturated heterocycles. The van der Waals surface area contributed by atoms with Gasteiger partial charge in [0.1, 0.15) is 6.04 Å². The van der Waals surface area contributed by atoms with Crippen LogP contribution in [0.2, 0.25) is 0 Å². The molecule has 1 amide bonds. The first kappa shape index (κ1) is 13.3. The number of amides is 1. The van der Waals surface area contributed by atoms with Gasteiger partial charge in [-0.05, 0) is 32.2 Å². The van der Waals surface area contributed by atoms with Crippen molar-refractivity contribution in [3.8, 4) is 0 Å². The van der Waals surface area contributed by atoms with Gasteiger partial charge in [0.2, 0.25) is 5.91 Å². The van der Waals surface area contributed by atoms with Crippen LogP contribution in [-0.4, -0.2) is 65.0 Å². The fourth-order valence-electron chi connectivity index (χ4n) is 3.12. The number of likely N-dealkylation sites (tertiary alicyclic amines) is 2. The van der Waals surface area contributed by atoms with Crippen LogP contribution in [0.15, 0.2) is 0 Å². The Hall–Kier alpha value is -1.14. The van der Waals surface area contributed by atoms with Crippen LogP contribution in [0.5, 0.6) is 0 Å². The first-order valence-electron chi connectivity index (χ1n) is 6.57. The summed E-state index contributed by atoms with van der Waals surface area (Å²) in [5, 5.41) is 9.17. The van der Waals surface area contributed by atoms with Crippen LogP contribution in [0.3, 0.4) is 0 Å². The Balaban J connectivity index is 1.85. The van der Waals surface area contributed by atoms with Crippen molar-refractivity contribution >= 4 is 11.9 Å². The predicted octanol–water partition coefficient (Wildman–Crippen LogP) is -0.515. The molecule has 3 N–H and O–H groups in total. The van der Waals surface area contributed by atoms with Crippen molar-refractivity contribution in [1.29, 1.82) is 0 Å². The zero-order valence-corrected chi connectivity index (χ0v) is 10.5. The minimum atomic E-state index is -0.702. The molecule has 1 atom stereocenters. The number of carbonyl (C=O) groups is 2. The second-order valence-corrected chi connectivity index (χ2v) is 5.21. The van der Waals surface area contributed by atoms with E-state index in [1.807, 2.05) is 4.90 Å². The van der Waals surface area contributed by atoms with E-state index in [-0.39, 0.29) is 11.9 Å². The van der Waals surface area contributed by atoms with E-state index in [1.165, 1.54) is 0 Å². The fraction of sp³-hybridized carbons (Fsp3) is 0.833. The Bertz CT molecular complexity index is 327. The monoisotopic (exact) mass is 255 g/mol. The van der Waals surface area contributed by atoms with E-state index < -0.39 is 5.97 Å². The van der Waals surface area contributed by atoms with Gasteiger partial charge in [0, 0.05) is 19.1 Å². The van der Waals surface area contributed by atoms with Gasteiger partial charge in [0.15, 0.2) is 0 Å². The molecule has 0 bridgehead atoms. The molecule has 6 heteroatoms. The number of nitrogens with zero attached hydrogens (tertiary/aromatic N) is 2. The average molecular weight is 255 g/mol. The van der Waals surface area contributed by atoms with Gasteiger partial charge in [-0.1, -0.05) is 0 Å². The standard InChI is InChI=1S/C12H21N3O3/c13-11(16)8-14-6-3-9(4-7-14)15-5-1-2-10(15)12(17)18/h9-10H,1-8H2,(H2,13,16)(H,17,18). The maximum atomic E-state index is 11.2. The van der Waals surface area contributed by atoms with Crippen LogP contribution < -0.4 is 5.73 Å². The molecule has 0 aromatic heterocycles. The lowest BCUT2D eigenvalue weighted by Gasteiger charge is -2.37. The first-order valence-corrected chi connectivity index (χ1v) is 6.57. The zero-order chi connectivity index (χ0) is 13.1. The molecular formula is C12H21N3O3. The summed E-state index contributed by atoms with van der Waals surface area (Å²) < 4.78 is 0. The number of primary amides is 1. The summed E-state index contributed by atoms with van der Waals surface area (Å²) in [6.07, 6.45) is 3.59. The molecule has 18 heavy (non-hydrogen) atoms. The number of nitrogens with two attached hydrogens (primary N) is 1. The minimum absolute atomic E-state index is 0.293. The second kappa shape index (κ2) is 5.67. The van der Waals surface area contributed by atoms with Gasteiger partial charge in [-0.2, -0.15) is 0 Å². The third-order valence-electron chi connectivity index (χ3n) is 3.98. The smallest absolute Gasteiger partial charge is 0.320 e. The van der Waals surface area contributed by atoms with E-state index in [1.54, 1.807) is 0 Å². The minimum Gasteiger partial charge on any atom is -0.480 e. The first-order chi connectivity index (χ1) is 8.58. The molecule has 0 aromatic rings. The van der Waals surface area contributed by atoms with Gasteiger partial charge >= 0.3 is 5.97 Å². The Labute approximate surface area is 107 Å². The van der Waals surface area contributed by atoms with Crippen LogP contribution in [0.25, 0.3) is 0 Å². The van der Waals surface area contributed by atoms with Crippen molar-refractivity contribution in [1.82, 2.24) is 9.80 Å². The van der Waals surface area contributed by atoms with Crippen molar-refractivity contribution in [2.24, 2.45) is 5.73 Å². The molecule has 6 nitrogen and oxygen atoms in total. The van der Waals surface area contributed by atoms with Gasteiger partial charge < -0.3 is 10.8 Å². The lowest BCUT2D eigenvalue weighted by molar-refractivity contribution is -0.143. The summed E-state index contributed by atoms with van der Waals surface area (Å²) in [4.78, 5) is 26.2. The molecule has 0 radical (unpaired) electrons. The molecule has 2 aliphatic rings. The SMILES string of the molecule is NC(=O)CN1CCC(N2CCCC2C(=O)O)CC1. The maximum absolute atomic E-state index is 11.2. The topological polar surface area (TPSA) is 86.9 Å². The van der Waals surface area contributed by atoms with Gasteiger partial charge in [-0.15, -0.1) is 0 Å². The third kappa shape index (κ3) is 3.00. The highest BCUT2D eigenvalue weighted by atomic mass is 16.4. The van der Waals surface area contributed by atoms with Crippen LogP contribution in [-0.2, 0) is 9.59 Å². The number of hydrogen-bond donors (Lipinski definition) is 2. The van der Waals surface area contributed by atoms with E-state index in [4.69, 9.17) is 5.73 Å². The summed E-state index contributed by atoms with van der Waals surface area (Å²) >= 11 is 0. The number of piperidine rings is 1. The number of hydrogen-bond acceptors (Lipinski definition) is 4. The van der Waals surface area contributed by atoms with E-state index in [9.17, 15) is 14.7 Å². The van der Waals surface area contributed by atoms with Crippen LogP contribution in [0, 0.1) is 0 Å². The third-order valence-corrected chi connectivity index (χ3v) is 3.98. The molecule has 0 spiro atoms. The van der Waals surface area contributed by atoms with Crippen molar-refractivity contribution in [2.75, 3.05) is 26.2 Å². The van der Waals surface area contributed by atoms with Crippen LogP contribution >= 0.6 is 0 Å². The van der Waals surface area contributed by atoms with Crippen molar-refractivity contribution < 1.29 is 14.7 Å². The molecule has 102 valence electrons. The molecule has 2 aliphatic heterocycles. The summed E-state index contributed by atoms with van der Waals surface area (Å²) in [7, 11) is 0. The lowest BCUT2D eigenvalue weighted by Crippen LogP contribution is -2.50. The molecule has 1 unspecified atom stereocenters. The summed E-state index contributed by atoms with van der Waals surface area (Å²) in [6.45, 7) is 2.86. The molecule has 2 heterocycles. The zero-order valence-electron chi connectivity index (χ0n) is 10.5. The summed E-state index contributed by atoms with van der Waals surface area (Å²) in [5.74, 6) is -0.995. The molecule has 2 fully saturated rings. The van der Waals surface area contributed by atoms with Crippen LogP contribution in [0.4, 0.5) is 0 Å². The Morgan fingerprint density at radius 3 is 2.39 bits per heavy atom. The van der Waals surface area contributed by atoms with Crippen molar-refractivity contribution in [2.45, 2.75) is 37.8 Å². The Morgan fingerprint density at radius 2 is 1.83 bits per heavy atom. The molecule has 0 saturated carbocycles. The number of carboxylic acid groups (broad SMARTS) is 1. The Morgan fingerprint density at radius 1 is 1.17 bits per heavy atom. The number of carboxylic acids is 1. The van der Waals surface area contributed by atoms with E-state index in [0.717, 1.165) is 45.3 Å². The normalized spacial score (nSPS) is 27.4. The lowest BCUT2D eigenvalue weighted by atomic mass is 10.0. The van der Waals surface area contributed by atoms with Gasteiger partial charge in [-0.25, -0.2) is 0 Å². The highest BCUT2D eigenvalue weighted by molar-refractivity contribution is 5.76. The Kier molecular flexibility index (Phi) is 4.19. The molecular weight excluding hydrogens is 234 g/mol. The van der Waals surface area contributed by atoms with Crippen molar-refractivity contribution in [3.05, 3.63) is 0 Å². The summed E-state index contributed by atoms with van der Waals surface area (Å²) in [5.41, 5.74) is 5.17. The molecule has 2 rings (SSSR count). The highest BCUT2D eigenvalue weighted by Gasteiger charge is 2.36. The average Bonchev–Trinajstić information content (AvgIpc) is 2.78. The second-order valence-electron chi connectivity index (χ2n) is 5.21. The fourth-order valence-corrected chi connectivity index (χ4v) is 3.12. The van der Waals surface area contributed by atoms with Gasteiger partial charge in [0.25, 0.3) is 0 Å². The highest BCUT2D eigenvalue weighted by Crippen LogP contribution is 2.25. The number of carbonyl (C=O) groups excluding carboxylic acids is 1. The number of rotatable bonds is 4. The molecule has 0 aliphatic carbocycles. The van der Waals surface area contributed by atoms with Crippen LogP contribution in [0.1, 0.15) is 25.7 Å². The largest absolute Gasteiger partial charge is 0.480 e. The summed E-state index contributed by atoms with van der Waals surface area (Å²) in [6, 6.07) is 0.0374. The van der Waals surface area contributed by atoms with E-state index in [0.29, 0.717) is 12.6 Å². The molecule has 0 aromatic carbocycles. The van der Waals surface area contributed by atoms with E-state index in [2.05, 4.69) is 4.90 Å². The van der Waals surface area contributed by atoms with Crippen molar-refractivity contribution in [3.63, 3.8) is 0 Å². The number of aliphatic carboxylic acids is 1.